The fourth-order valence-corrected chi connectivity index (χ4v) is 4.29. The van der Waals surface area contributed by atoms with Gasteiger partial charge in [0, 0.05) is 0 Å². The van der Waals surface area contributed by atoms with Crippen LogP contribution in [0.3, 0.4) is 0 Å². The van der Waals surface area contributed by atoms with Crippen LogP contribution >= 0.6 is 0 Å². The zero-order chi connectivity index (χ0) is 10.3. The van der Waals surface area contributed by atoms with Crippen LogP contribution in [0.1, 0.15) is 20.8 Å². The molecule has 0 atom stereocenters. The summed E-state index contributed by atoms with van der Waals surface area (Å²) in [6.45, 7) is 9.39. The van der Waals surface area contributed by atoms with Crippen molar-refractivity contribution in [1.29, 1.82) is 0 Å². The molecule has 0 heterocycles. The fourth-order valence-electron chi connectivity index (χ4n) is 1.43. The quantitative estimate of drug-likeness (QED) is 0.503. The maximum absolute atomic E-state index is 3.54. The van der Waals surface area contributed by atoms with Crippen molar-refractivity contribution in [3.05, 3.63) is 0 Å². The lowest BCUT2D eigenvalue weighted by Gasteiger charge is -2.37. The SMILES string of the molecule is CCN[Si](NCC)(NCC)N(C)C. The molecule has 0 bridgehead atoms. The van der Waals surface area contributed by atoms with Crippen LogP contribution < -0.4 is 14.9 Å². The van der Waals surface area contributed by atoms with Gasteiger partial charge in [-0.15, -0.1) is 0 Å². The van der Waals surface area contributed by atoms with Crippen LogP contribution in [0.2, 0.25) is 0 Å². The van der Waals surface area contributed by atoms with Gasteiger partial charge in [-0.1, -0.05) is 20.8 Å². The molecule has 0 aliphatic carbocycles. The van der Waals surface area contributed by atoms with Gasteiger partial charge in [-0.2, -0.15) is 0 Å². The van der Waals surface area contributed by atoms with E-state index in [0.717, 1.165) is 19.6 Å². The van der Waals surface area contributed by atoms with Gasteiger partial charge < -0.3 is 14.9 Å². The molecular weight excluding hydrogens is 180 g/mol. The molecule has 0 aromatic carbocycles. The molecule has 0 unspecified atom stereocenters. The van der Waals surface area contributed by atoms with E-state index in [-0.39, 0.29) is 0 Å². The summed E-state index contributed by atoms with van der Waals surface area (Å²) in [6.07, 6.45) is 0. The summed E-state index contributed by atoms with van der Waals surface area (Å²) in [5.41, 5.74) is 0. The largest absolute Gasteiger partial charge is 0.368 e. The molecular formula is C8H24N4Si. The van der Waals surface area contributed by atoms with E-state index in [9.17, 15) is 0 Å². The van der Waals surface area contributed by atoms with Gasteiger partial charge in [0.1, 0.15) is 0 Å². The molecule has 5 heteroatoms. The van der Waals surface area contributed by atoms with E-state index in [1.165, 1.54) is 0 Å². The van der Waals surface area contributed by atoms with Crippen LogP contribution in [0, 0.1) is 0 Å². The Hall–Kier alpha value is 0.0569. The maximum atomic E-state index is 3.54. The number of nitrogens with one attached hydrogen (secondary N) is 3. The summed E-state index contributed by atoms with van der Waals surface area (Å²) in [5, 5.41) is 0. The molecule has 0 aliphatic rings. The molecule has 4 nitrogen and oxygen atoms in total. The second kappa shape index (κ2) is 6.50. The van der Waals surface area contributed by atoms with Crippen LogP contribution in [0.4, 0.5) is 0 Å². The van der Waals surface area contributed by atoms with Gasteiger partial charge in [0.15, 0.2) is 0 Å². The van der Waals surface area contributed by atoms with Crippen molar-refractivity contribution >= 4 is 8.72 Å². The number of rotatable bonds is 7. The minimum atomic E-state index is -1.79. The molecule has 0 radical (unpaired) electrons. The highest BCUT2D eigenvalue weighted by Gasteiger charge is 2.35. The molecule has 0 saturated carbocycles. The summed E-state index contributed by atoms with van der Waals surface area (Å²) in [7, 11) is 2.43. The van der Waals surface area contributed by atoms with Crippen molar-refractivity contribution in [2.24, 2.45) is 0 Å². The normalized spacial score (nSPS) is 12.5. The van der Waals surface area contributed by atoms with E-state index in [2.05, 4.69) is 54.4 Å². The van der Waals surface area contributed by atoms with Gasteiger partial charge >= 0.3 is 8.72 Å². The average molecular weight is 204 g/mol. The molecule has 0 aromatic rings. The first-order valence-corrected chi connectivity index (χ1v) is 7.00. The molecule has 0 aliphatic heterocycles. The van der Waals surface area contributed by atoms with Gasteiger partial charge in [-0.05, 0) is 33.7 Å². The lowest BCUT2D eigenvalue weighted by molar-refractivity contribution is 0.527. The number of nitrogens with zero attached hydrogens (tertiary/aromatic N) is 1. The monoisotopic (exact) mass is 204 g/mol. The smallest absolute Gasteiger partial charge is 0.301 e. The van der Waals surface area contributed by atoms with Crippen molar-refractivity contribution in [3.8, 4) is 0 Å². The molecule has 0 amide bonds. The van der Waals surface area contributed by atoms with Gasteiger partial charge in [-0.3, -0.25) is 4.57 Å². The Labute approximate surface area is 83.4 Å². The minimum Gasteiger partial charge on any atom is -0.301 e. The predicted octanol–water partition coefficient (Wildman–Crippen LogP) is -0.188. The van der Waals surface area contributed by atoms with Crippen LogP contribution in [0.5, 0.6) is 0 Å². The topological polar surface area (TPSA) is 39.3 Å². The molecule has 0 rings (SSSR count). The second-order valence-corrected chi connectivity index (χ2v) is 6.57. The van der Waals surface area contributed by atoms with E-state index in [4.69, 9.17) is 0 Å². The van der Waals surface area contributed by atoms with Crippen molar-refractivity contribution in [2.45, 2.75) is 20.8 Å². The van der Waals surface area contributed by atoms with Crippen LogP contribution in [-0.4, -0.2) is 47.0 Å². The summed E-state index contributed by atoms with van der Waals surface area (Å²) in [6, 6.07) is 0. The van der Waals surface area contributed by atoms with Crippen LogP contribution in [0.15, 0.2) is 0 Å². The Bertz CT molecular complexity index is 112. The van der Waals surface area contributed by atoms with E-state index in [1.807, 2.05) is 0 Å². The number of hydrogen-bond donors (Lipinski definition) is 3. The summed E-state index contributed by atoms with van der Waals surface area (Å²) >= 11 is 0. The first kappa shape index (κ1) is 13.1. The van der Waals surface area contributed by atoms with E-state index in [1.54, 1.807) is 0 Å². The molecule has 80 valence electrons. The third-order valence-corrected chi connectivity index (χ3v) is 5.91. The fraction of sp³-hybridized carbons (Fsp3) is 1.00. The third kappa shape index (κ3) is 3.74. The van der Waals surface area contributed by atoms with Gasteiger partial charge in [0.25, 0.3) is 0 Å². The Balaban J connectivity index is 4.38. The van der Waals surface area contributed by atoms with E-state index < -0.39 is 8.72 Å². The molecule has 0 fully saturated rings. The van der Waals surface area contributed by atoms with Gasteiger partial charge in [0.2, 0.25) is 0 Å². The van der Waals surface area contributed by atoms with E-state index in [0.29, 0.717) is 0 Å². The lowest BCUT2D eigenvalue weighted by atomic mass is 10.8. The second-order valence-electron chi connectivity index (χ2n) is 3.20. The zero-order valence-corrected chi connectivity index (χ0v) is 10.6. The number of hydrogen-bond acceptors (Lipinski definition) is 4. The highest BCUT2D eigenvalue weighted by atomic mass is 28.4. The van der Waals surface area contributed by atoms with E-state index >= 15 is 0 Å². The summed E-state index contributed by atoms with van der Waals surface area (Å²) in [5.74, 6) is 0. The standard InChI is InChI=1S/C8H24N4Si/c1-6-9-13(10-7-2,11-8-3)12(4)5/h9-11H,6-8H2,1-5H3. The highest BCUT2D eigenvalue weighted by Crippen LogP contribution is 1.92. The summed E-state index contributed by atoms with van der Waals surface area (Å²) < 4.78 is 2.25. The van der Waals surface area contributed by atoms with Crippen molar-refractivity contribution in [3.63, 3.8) is 0 Å². The average Bonchev–Trinajstić information content (AvgIpc) is 2.05. The Kier molecular flexibility index (Phi) is 6.53. The zero-order valence-electron chi connectivity index (χ0n) is 9.57. The summed E-state index contributed by atoms with van der Waals surface area (Å²) in [4.78, 5) is 10.6. The molecule has 3 N–H and O–H groups in total. The molecule has 0 saturated heterocycles. The van der Waals surface area contributed by atoms with Crippen LogP contribution in [-0.2, 0) is 0 Å². The first-order chi connectivity index (χ1) is 6.13. The Morgan fingerprint density at radius 2 is 1.15 bits per heavy atom. The first-order valence-electron chi connectivity index (χ1n) is 5.05. The predicted molar refractivity (Wildman–Crippen MR) is 60.5 cm³/mol. The van der Waals surface area contributed by atoms with Crippen molar-refractivity contribution in [1.82, 2.24) is 19.5 Å². The lowest BCUT2D eigenvalue weighted by Crippen LogP contribution is -2.79. The van der Waals surface area contributed by atoms with Gasteiger partial charge in [0.05, 0.1) is 0 Å². The molecule has 13 heavy (non-hydrogen) atoms. The molecule has 0 spiro atoms. The Morgan fingerprint density at radius 1 is 0.846 bits per heavy atom. The third-order valence-electron chi connectivity index (χ3n) is 1.97. The van der Waals surface area contributed by atoms with Crippen molar-refractivity contribution < 1.29 is 0 Å². The van der Waals surface area contributed by atoms with Gasteiger partial charge in [-0.25, -0.2) is 0 Å². The van der Waals surface area contributed by atoms with Crippen LogP contribution in [0.25, 0.3) is 0 Å². The molecule has 0 aromatic heterocycles. The highest BCUT2D eigenvalue weighted by molar-refractivity contribution is 6.69. The minimum absolute atomic E-state index is 0.990. The maximum Gasteiger partial charge on any atom is 0.368 e. The van der Waals surface area contributed by atoms with Crippen molar-refractivity contribution in [2.75, 3.05) is 33.7 Å². The Morgan fingerprint density at radius 3 is 1.31 bits per heavy atom.